The Kier molecular flexibility index (Phi) is 4.33. The molecule has 0 aliphatic rings. The molecular weight excluding hydrogens is 248 g/mol. The van der Waals surface area contributed by atoms with Crippen molar-refractivity contribution >= 4 is 0 Å². The molecule has 0 aromatic heterocycles. The number of aryl methyl sites for hydroxylation is 2. The van der Waals surface area contributed by atoms with E-state index in [1.165, 1.54) is 22.8 Å². The minimum atomic E-state index is 0.0932. The highest BCUT2D eigenvalue weighted by Crippen LogP contribution is 2.32. The lowest BCUT2D eigenvalue weighted by Crippen LogP contribution is -1.99. The Balaban J connectivity index is 2.62. The van der Waals surface area contributed by atoms with E-state index in [2.05, 4.69) is 32.9 Å². The van der Waals surface area contributed by atoms with Crippen LogP contribution in [0.3, 0.4) is 0 Å². The minimum absolute atomic E-state index is 0.0932. The van der Waals surface area contributed by atoms with E-state index in [9.17, 15) is 10.2 Å². The van der Waals surface area contributed by atoms with Crippen LogP contribution in [0.4, 0.5) is 0 Å². The Morgan fingerprint density at radius 3 is 1.50 bits per heavy atom. The molecule has 2 nitrogen and oxygen atoms in total. The van der Waals surface area contributed by atoms with Gasteiger partial charge >= 0.3 is 0 Å². The molecule has 2 rings (SSSR count). The van der Waals surface area contributed by atoms with Crippen molar-refractivity contribution < 1.29 is 10.2 Å². The average Bonchev–Trinajstić information content (AvgIpc) is 2.44. The summed E-state index contributed by atoms with van der Waals surface area (Å²) in [6.45, 7) is 6.52. The van der Waals surface area contributed by atoms with Crippen LogP contribution in [-0.2, 0) is 19.3 Å². The molecule has 0 aliphatic heterocycles. The van der Waals surface area contributed by atoms with Crippen LogP contribution in [0.25, 0.3) is 11.1 Å². The topological polar surface area (TPSA) is 40.5 Å². The van der Waals surface area contributed by atoms with Crippen LogP contribution < -0.4 is 0 Å². The van der Waals surface area contributed by atoms with Gasteiger partial charge in [-0.25, -0.2) is 0 Å². The largest absolute Gasteiger partial charge is 0.508 e. The fourth-order valence-corrected chi connectivity index (χ4v) is 2.81. The first-order valence-electron chi connectivity index (χ1n) is 7.27. The van der Waals surface area contributed by atoms with Crippen molar-refractivity contribution in [2.75, 3.05) is 0 Å². The smallest absolute Gasteiger partial charge is 0.119 e. The maximum absolute atomic E-state index is 9.65. The number of hydrogen-bond donors (Lipinski definition) is 2. The maximum Gasteiger partial charge on any atom is 0.119 e. The molecule has 0 heterocycles. The Bertz CT molecular complexity index is 570. The van der Waals surface area contributed by atoms with E-state index >= 15 is 0 Å². The Hall–Kier alpha value is -1.96. The highest BCUT2D eigenvalue weighted by Gasteiger charge is 2.10. The van der Waals surface area contributed by atoms with Gasteiger partial charge in [0.05, 0.1) is 0 Å². The second-order valence-electron chi connectivity index (χ2n) is 5.07. The van der Waals surface area contributed by atoms with Gasteiger partial charge in [0.15, 0.2) is 0 Å². The number of phenolic OH excluding ortho intramolecular Hbond substituents is 2. The molecule has 2 aromatic rings. The van der Waals surface area contributed by atoms with E-state index in [-0.39, 0.29) is 11.5 Å². The molecular formula is C18H22O2. The highest BCUT2D eigenvalue weighted by molar-refractivity contribution is 5.69. The lowest BCUT2D eigenvalue weighted by molar-refractivity contribution is 0.451. The summed E-state index contributed by atoms with van der Waals surface area (Å²) in [5.41, 5.74) is 6.05. The van der Waals surface area contributed by atoms with Crippen LogP contribution in [-0.4, -0.2) is 10.2 Å². The van der Waals surface area contributed by atoms with E-state index in [1.54, 1.807) is 12.1 Å². The second-order valence-corrected chi connectivity index (χ2v) is 5.07. The number of hydrogen-bond acceptors (Lipinski definition) is 2. The Morgan fingerprint density at radius 2 is 1.10 bits per heavy atom. The van der Waals surface area contributed by atoms with Gasteiger partial charge in [-0.3, -0.25) is 0 Å². The highest BCUT2D eigenvalue weighted by atomic mass is 16.3. The first-order chi connectivity index (χ1) is 9.58. The van der Waals surface area contributed by atoms with Gasteiger partial charge in [0, 0.05) is 6.07 Å². The van der Waals surface area contributed by atoms with Crippen LogP contribution in [0.15, 0.2) is 30.3 Å². The number of benzene rings is 2. The van der Waals surface area contributed by atoms with Crippen molar-refractivity contribution in [3.8, 4) is 22.6 Å². The average molecular weight is 270 g/mol. The SMILES string of the molecule is CCc1cc(-c2cc(O)cc(O)c2)cc(CC)c1CC. The van der Waals surface area contributed by atoms with E-state index in [0.717, 1.165) is 30.4 Å². The molecule has 0 aliphatic carbocycles. The van der Waals surface area contributed by atoms with E-state index < -0.39 is 0 Å². The zero-order valence-electron chi connectivity index (χ0n) is 12.4. The Morgan fingerprint density at radius 1 is 0.650 bits per heavy atom. The van der Waals surface area contributed by atoms with Crippen molar-refractivity contribution in [3.63, 3.8) is 0 Å². The van der Waals surface area contributed by atoms with Crippen molar-refractivity contribution in [2.45, 2.75) is 40.0 Å². The van der Waals surface area contributed by atoms with Gasteiger partial charge in [-0.05, 0) is 59.2 Å². The van der Waals surface area contributed by atoms with Crippen LogP contribution in [0.5, 0.6) is 11.5 Å². The predicted octanol–water partition coefficient (Wildman–Crippen LogP) is 4.45. The third-order valence-electron chi connectivity index (χ3n) is 3.79. The quantitative estimate of drug-likeness (QED) is 0.861. The number of rotatable bonds is 4. The monoisotopic (exact) mass is 270 g/mol. The zero-order chi connectivity index (χ0) is 14.7. The van der Waals surface area contributed by atoms with Gasteiger partial charge < -0.3 is 10.2 Å². The van der Waals surface area contributed by atoms with Gasteiger partial charge in [0.2, 0.25) is 0 Å². The van der Waals surface area contributed by atoms with Crippen molar-refractivity contribution in [1.29, 1.82) is 0 Å². The van der Waals surface area contributed by atoms with E-state index in [0.29, 0.717) is 0 Å². The first kappa shape index (κ1) is 14.4. The van der Waals surface area contributed by atoms with Gasteiger partial charge in [0.25, 0.3) is 0 Å². The van der Waals surface area contributed by atoms with Gasteiger partial charge in [-0.15, -0.1) is 0 Å². The van der Waals surface area contributed by atoms with Gasteiger partial charge in [-0.1, -0.05) is 32.9 Å². The van der Waals surface area contributed by atoms with Crippen molar-refractivity contribution in [1.82, 2.24) is 0 Å². The second kappa shape index (κ2) is 6.00. The molecule has 2 heteroatoms. The summed E-state index contributed by atoms with van der Waals surface area (Å²) in [4.78, 5) is 0. The summed E-state index contributed by atoms with van der Waals surface area (Å²) in [5, 5.41) is 19.3. The normalized spacial score (nSPS) is 10.8. The minimum Gasteiger partial charge on any atom is -0.508 e. The molecule has 0 fully saturated rings. The zero-order valence-corrected chi connectivity index (χ0v) is 12.4. The molecule has 20 heavy (non-hydrogen) atoms. The molecule has 0 saturated carbocycles. The molecule has 0 radical (unpaired) electrons. The van der Waals surface area contributed by atoms with E-state index in [4.69, 9.17) is 0 Å². The summed E-state index contributed by atoms with van der Waals surface area (Å²) >= 11 is 0. The molecule has 0 atom stereocenters. The molecule has 2 N–H and O–H groups in total. The molecule has 2 aromatic carbocycles. The van der Waals surface area contributed by atoms with Crippen LogP contribution in [0.2, 0.25) is 0 Å². The maximum atomic E-state index is 9.65. The summed E-state index contributed by atoms with van der Waals surface area (Å²) in [5.74, 6) is 0.186. The molecule has 0 saturated heterocycles. The summed E-state index contributed by atoms with van der Waals surface area (Å²) in [6, 6.07) is 9.09. The van der Waals surface area contributed by atoms with Crippen molar-refractivity contribution in [3.05, 3.63) is 47.0 Å². The van der Waals surface area contributed by atoms with Crippen LogP contribution >= 0.6 is 0 Å². The van der Waals surface area contributed by atoms with Crippen molar-refractivity contribution in [2.24, 2.45) is 0 Å². The third-order valence-corrected chi connectivity index (χ3v) is 3.79. The van der Waals surface area contributed by atoms with Crippen LogP contribution in [0.1, 0.15) is 37.5 Å². The fourth-order valence-electron chi connectivity index (χ4n) is 2.81. The molecule has 106 valence electrons. The lowest BCUT2D eigenvalue weighted by atomic mass is 9.90. The molecule has 0 unspecified atom stereocenters. The third kappa shape index (κ3) is 2.79. The number of phenols is 2. The summed E-state index contributed by atoms with van der Waals surface area (Å²) in [6.07, 6.45) is 3.03. The standard InChI is InChI=1S/C18H22O2/c1-4-12-7-14(8-13(5-2)18(12)6-3)15-9-16(19)11-17(20)10-15/h7-11,19-20H,4-6H2,1-3H3. The summed E-state index contributed by atoms with van der Waals surface area (Å²) < 4.78 is 0. The van der Waals surface area contributed by atoms with Gasteiger partial charge in [-0.2, -0.15) is 0 Å². The van der Waals surface area contributed by atoms with Gasteiger partial charge in [0.1, 0.15) is 11.5 Å². The number of aromatic hydroxyl groups is 2. The predicted molar refractivity (Wildman–Crippen MR) is 83.3 cm³/mol. The Labute approximate surface area is 120 Å². The van der Waals surface area contributed by atoms with E-state index in [1.807, 2.05) is 0 Å². The van der Waals surface area contributed by atoms with Crippen LogP contribution in [0, 0.1) is 0 Å². The fraction of sp³-hybridized carbons (Fsp3) is 0.333. The lowest BCUT2D eigenvalue weighted by Gasteiger charge is -2.15. The summed E-state index contributed by atoms with van der Waals surface area (Å²) in [7, 11) is 0. The molecule has 0 bridgehead atoms. The first-order valence-corrected chi connectivity index (χ1v) is 7.27. The molecule has 0 amide bonds. The molecule has 0 spiro atoms.